The third-order valence-corrected chi connectivity index (χ3v) is 5.66. The summed E-state index contributed by atoms with van der Waals surface area (Å²) in [5.74, 6) is 0.0928. The highest BCUT2D eigenvalue weighted by atomic mass is 16.2. The van der Waals surface area contributed by atoms with Crippen molar-refractivity contribution >= 4 is 17.3 Å². The highest BCUT2D eigenvalue weighted by Gasteiger charge is 2.28. The van der Waals surface area contributed by atoms with Crippen molar-refractivity contribution < 1.29 is 4.79 Å². The van der Waals surface area contributed by atoms with Crippen LogP contribution in [0.3, 0.4) is 0 Å². The van der Waals surface area contributed by atoms with Crippen LogP contribution in [-0.4, -0.2) is 21.5 Å². The van der Waals surface area contributed by atoms with Gasteiger partial charge in [-0.2, -0.15) is 0 Å². The molecule has 1 aromatic heterocycles. The SMILES string of the molecule is C=C(c1ccccc1)N1Cc2cc3c(cc2CC1=O)CN=C3c1ccnc(C)c1. The number of pyridine rings is 1. The number of fused-ring (bicyclic) bond motifs is 2. The first kappa shape index (κ1) is 17.6. The van der Waals surface area contributed by atoms with Gasteiger partial charge in [0.1, 0.15) is 0 Å². The predicted octanol–water partition coefficient (Wildman–Crippen LogP) is 4.30. The summed E-state index contributed by atoms with van der Waals surface area (Å²) in [5.41, 5.74) is 9.43. The van der Waals surface area contributed by atoms with E-state index in [1.165, 1.54) is 11.1 Å². The van der Waals surface area contributed by atoms with Gasteiger partial charge in [0.05, 0.1) is 25.2 Å². The first-order chi connectivity index (χ1) is 14.1. The van der Waals surface area contributed by atoms with Crippen molar-refractivity contribution in [2.45, 2.75) is 26.4 Å². The van der Waals surface area contributed by atoms with Crippen molar-refractivity contribution in [3.8, 4) is 0 Å². The number of aromatic nitrogens is 1. The Bertz CT molecular complexity index is 1180. The number of benzene rings is 2. The first-order valence-electron chi connectivity index (χ1n) is 9.77. The highest BCUT2D eigenvalue weighted by molar-refractivity contribution is 6.15. The smallest absolute Gasteiger partial charge is 0.231 e. The number of carbonyl (C=O) groups is 1. The van der Waals surface area contributed by atoms with Crippen molar-refractivity contribution in [2.24, 2.45) is 4.99 Å². The maximum Gasteiger partial charge on any atom is 0.231 e. The fourth-order valence-corrected chi connectivity index (χ4v) is 4.14. The molecule has 0 spiro atoms. The minimum absolute atomic E-state index is 0.0928. The van der Waals surface area contributed by atoms with E-state index in [2.05, 4.69) is 29.8 Å². The number of aryl methyl sites for hydroxylation is 1. The van der Waals surface area contributed by atoms with Crippen LogP contribution in [0.2, 0.25) is 0 Å². The highest BCUT2D eigenvalue weighted by Crippen LogP contribution is 2.32. The lowest BCUT2D eigenvalue weighted by Crippen LogP contribution is -2.34. The molecule has 0 fully saturated rings. The zero-order chi connectivity index (χ0) is 20.0. The first-order valence-corrected chi connectivity index (χ1v) is 9.77. The molecule has 0 saturated heterocycles. The van der Waals surface area contributed by atoms with Crippen molar-refractivity contribution in [1.82, 2.24) is 9.88 Å². The minimum Gasteiger partial charge on any atom is -0.308 e. The molecular weight excluding hydrogens is 358 g/mol. The summed E-state index contributed by atoms with van der Waals surface area (Å²) in [7, 11) is 0. The molecule has 29 heavy (non-hydrogen) atoms. The summed E-state index contributed by atoms with van der Waals surface area (Å²) in [6.07, 6.45) is 2.23. The molecule has 142 valence electrons. The Morgan fingerprint density at radius 1 is 1.03 bits per heavy atom. The molecule has 0 bridgehead atoms. The maximum atomic E-state index is 12.8. The van der Waals surface area contributed by atoms with Gasteiger partial charge in [-0.3, -0.25) is 14.8 Å². The van der Waals surface area contributed by atoms with Crippen LogP contribution in [0, 0.1) is 6.92 Å². The van der Waals surface area contributed by atoms with Crippen LogP contribution in [0.25, 0.3) is 5.70 Å². The molecule has 2 aromatic carbocycles. The molecule has 0 aliphatic carbocycles. The zero-order valence-corrected chi connectivity index (χ0v) is 16.4. The van der Waals surface area contributed by atoms with Crippen LogP contribution < -0.4 is 0 Å². The number of rotatable bonds is 3. The van der Waals surface area contributed by atoms with E-state index in [1.807, 2.05) is 49.5 Å². The number of aliphatic imine (C=N–C) groups is 1. The number of amides is 1. The number of hydrogen-bond acceptors (Lipinski definition) is 3. The van der Waals surface area contributed by atoms with E-state index in [4.69, 9.17) is 4.99 Å². The lowest BCUT2D eigenvalue weighted by Gasteiger charge is -2.31. The van der Waals surface area contributed by atoms with Gasteiger partial charge in [-0.15, -0.1) is 0 Å². The average molecular weight is 379 g/mol. The lowest BCUT2D eigenvalue weighted by molar-refractivity contribution is -0.128. The number of hydrogen-bond donors (Lipinski definition) is 0. The molecule has 4 heteroatoms. The molecule has 3 heterocycles. The summed E-state index contributed by atoms with van der Waals surface area (Å²) in [5, 5.41) is 0. The van der Waals surface area contributed by atoms with Gasteiger partial charge < -0.3 is 4.90 Å². The normalized spacial score (nSPS) is 15.0. The van der Waals surface area contributed by atoms with Gasteiger partial charge in [0.15, 0.2) is 0 Å². The Morgan fingerprint density at radius 2 is 1.86 bits per heavy atom. The molecular formula is C25H21N3O. The summed E-state index contributed by atoms with van der Waals surface area (Å²) in [6, 6.07) is 18.3. The third-order valence-electron chi connectivity index (χ3n) is 5.66. The van der Waals surface area contributed by atoms with E-state index >= 15 is 0 Å². The van der Waals surface area contributed by atoms with Crippen molar-refractivity contribution in [3.05, 3.63) is 106 Å². The molecule has 5 rings (SSSR count). The van der Waals surface area contributed by atoms with E-state index in [1.54, 1.807) is 4.90 Å². The maximum absolute atomic E-state index is 12.8. The molecule has 1 amide bonds. The van der Waals surface area contributed by atoms with Crippen LogP contribution in [0.4, 0.5) is 0 Å². The zero-order valence-electron chi connectivity index (χ0n) is 16.4. The Kier molecular flexibility index (Phi) is 4.13. The van der Waals surface area contributed by atoms with Gasteiger partial charge in [0.2, 0.25) is 5.91 Å². The van der Waals surface area contributed by atoms with Gasteiger partial charge >= 0.3 is 0 Å². The molecule has 0 atom stereocenters. The van der Waals surface area contributed by atoms with E-state index in [-0.39, 0.29) is 5.91 Å². The van der Waals surface area contributed by atoms with E-state index in [0.717, 1.165) is 39.4 Å². The molecule has 4 nitrogen and oxygen atoms in total. The van der Waals surface area contributed by atoms with Gasteiger partial charge in [0.25, 0.3) is 0 Å². The molecule has 0 radical (unpaired) electrons. The Morgan fingerprint density at radius 3 is 2.66 bits per heavy atom. The minimum atomic E-state index is 0.0928. The van der Waals surface area contributed by atoms with Gasteiger partial charge in [-0.1, -0.05) is 43.0 Å². The van der Waals surface area contributed by atoms with Crippen LogP contribution in [0.15, 0.2) is 72.4 Å². The molecule has 3 aromatic rings. The monoisotopic (exact) mass is 379 g/mol. The van der Waals surface area contributed by atoms with Crippen molar-refractivity contribution in [3.63, 3.8) is 0 Å². The van der Waals surface area contributed by atoms with Crippen molar-refractivity contribution in [1.29, 1.82) is 0 Å². The summed E-state index contributed by atoms with van der Waals surface area (Å²) in [4.78, 5) is 23.7. The second kappa shape index (κ2) is 6.82. The fourth-order valence-electron chi connectivity index (χ4n) is 4.14. The number of carbonyl (C=O) groups excluding carboxylic acids is 1. The Balaban J connectivity index is 1.50. The van der Waals surface area contributed by atoms with Crippen LogP contribution in [0.5, 0.6) is 0 Å². The largest absolute Gasteiger partial charge is 0.308 e. The van der Waals surface area contributed by atoms with Gasteiger partial charge in [-0.25, -0.2) is 0 Å². The second-order valence-electron chi connectivity index (χ2n) is 7.60. The molecule has 2 aliphatic heterocycles. The van der Waals surface area contributed by atoms with Crippen LogP contribution in [0.1, 0.15) is 39.1 Å². The standard InChI is InChI=1S/C25H21N3O/c1-16-10-19(8-9-26-16)25-23-12-22-15-28(17(2)18-6-4-3-5-7-18)24(29)13-20(22)11-21(23)14-27-25/h3-12H,2,13-15H2,1H3. The van der Waals surface area contributed by atoms with Gasteiger partial charge in [0, 0.05) is 28.7 Å². The van der Waals surface area contributed by atoms with E-state index < -0.39 is 0 Å². The average Bonchev–Trinajstić information content (AvgIpc) is 3.14. The number of nitrogens with zero attached hydrogens (tertiary/aromatic N) is 3. The summed E-state index contributed by atoms with van der Waals surface area (Å²) >= 11 is 0. The molecule has 0 saturated carbocycles. The quantitative estimate of drug-likeness (QED) is 0.681. The van der Waals surface area contributed by atoms with Crippen LogP contribution in [-0.2, 0) is 24.3 Å². The third kappa shape index (κ3) is 3.07. The lowest BCUT2D eigenvalue weighted by atomic mass is 9.90. The molecule has 0 unspecified atom stereocenters. The van der Waals surface area contributed by atoms with E-state index in [0.29, 0.717) is 19.5 Å². The molecule has 0 N–H and O–H groups in total. The fraction of sp³-hybridized carbons (Fsp3) is 0.160. The Hall–Kier alpha value is -3.53. The van der Waals surface area contributed by atoms with Gasteiger partial charge in [-0.05, 0) is 47.4 Å². The predicted molar refractivity (Wildman–Crippen MR) is 114 cm³/mol. The topological polar surface area (TPSA) is 45.6 Å². The van der Waals surface area contributed by atoms with Crippen LogP contribution >= 0.6 is 0 Å². The Labute approximate surface area is 170 Å². The second-order valence-corrected chi connectivity index (χ2v) is 7.60. The van der Waals surface area contributed by atoms with E-state index in [9.17, 15) is 4.79 Å². The summed E-state index contributed by atoms with van der Waals surface area (Å²) in [6.45, 7) is 7.38. The van der Waals surface area contributed by atoms with Crippen molar-refractivity contribution in [2.75, 3.05) is 0 Å². The summed E-state index contributed by atoms with van der Waals surface area (Å²) < 4.78 is 0. The molecule has 2 aliphatic rings.